The van der Waals surface area contributed by atoms with Gasteiger partial charge in [0.15, 0.2) is 0 Å². The number of nitrogens with one attached hydrogen (secondary N) is 1. The number of rotatable bonds is 1. The van der Waals surface area contributed by atoms with Crippen LogP contribution in [0.15, 0.2) is 42.5 Å². The van der Waals surface area contributed by atoms with Gasteiger partial charge in [0.2, 0.25) is 0 Å². The van der Waals surface area contributed by atoms with Crippen LogP contribution < -0.4 is 5.32 Å². The molecule has 0 saturated carbocycles. The summed E-state index contributed by atoms with van der Waals surface area (Å²) in [6.45, 7) is 2.08. The van der Waals surface area contributed by atoms with Crippen molar-refractivity contribution in [2.24, 2.45) is 5.92 Å². The summed E-state index contributed by atoms with van der Waals surface area (Å²) in [5, 5.41) is 3.36. The minimum Gasteiger partial charge on any atom is -0.378 e. The summed E-state index contributed by atoms with van der Waals surface area (Å²) in [5.74, 6) is -0.760. The standard InChI is InChI=1S/C16H15F2N/c1-10-8-11-4-2-3-5-15(11)19-16(10)13-7-6-12(17)9-14(13)18/h2-7,9-10,16,19H,8H2,1H3. The lowest BCUT2D eigenvalue weighted by molar-refractivity contribution is 0.456. The van der Waals surface area contributed by atoms with Crippen LogP contribution in [0.25, 0.3) is 0 Å². The lowest BCUT2D eigenvalue weighted by Gasteiger charge is -2.33. The van der Waals surface area contributed by atoms with Gasteiger partial charge in [-0.3, -0.25) is 0 Å². The molecule has 0 amide bonds. The van der Waals surface area contributed by atoms with Gasteiger partial charge in [0.1, 0.15) is 11.6 Å². The molecule has 1 aliphatic heterocycles. The van der Waals surface area contributed by atoms with Crippen LogP contribution in [-0.2, 0) is 6.42 Å². The van der Waals surface area contributed by atoms with Gasteiger partial charge in [-0.15, -0.1) is 0 Å². The van der Waals surface area contributed by atoms with E-state index in [0.29, 0.717) is 5.56 Å². The van der Waals surface area contributed by atoms with E-state index in [-0.39, 0.29) is 12.0 Å². The third kappa shape index (κ3) is 2.21. The zero-order valence-electron chi connectivity index (χ0n) is 10.7. The lowest BCUT2D eigenvalue weighted by Crippen LogP contribution is -2.26. The van der Waals surface area contributed by atoms with E-state index in [2.05, 4.69) is 18.3 Å². The van der Waals surface area contributed by atoms with Crippen LogP contribution in [0.2, 0.25) is 0 Å². The molecule has 3 rings (SSSR count). The fourth-order valence-corrected chi connectivity index (χ4v) is 2.75. The Balaban J connectivity index is 1.98. The molecule has 2 aromatic rings. The molecule has 3 heteroatoms. The van der Waals surface area contributed by atoms with E-state index in [9.17, 15) is 8.78 Å². The molecule has 2 aromatic carbocycles. The zero-order valence-corrected chi connectivity index (χ0v) is 10.7. The van der Waals surface area contributed by atoms with Gasteiger partial charge in [-0.05, 0) is 30.0 Å². The van der Waals surface area contributed by atoms with Gasteiger partial charge in [-0.25, -0.2) is 8.78 Å². The van der Waals surface area contributed by atoms with Gasteiger partial charge in [-0.2, -0.15) is 0 Å². The molecule has 0 bridgehead atoms. The van der Waals surface area contributed by atoms with E-state index < -0.39 is 11.6 Å². The summed E-state index contributed by atoms with van der Waals surface area (Å²) in [4.78, 5) is 0. The van der Waals surface area contributed by atoms with Crippen LogP contribution in [0.4, 0.5) is 14.5 Å². The minimum absolute atomic E-state index is 0.115. The molecule has 0 aliphatic carbocycles. The molecule has 0 radical (unpaired) electrons. The van der Waals surface area contributed by atoms with Crippen LogP contribution in [0.5, 0.6) is 0 Å². The van der Waals surface area contributed by atoms with E-state index >= 15 is 0 Å². The quantitative estimate of drug-likeness (QED) is 0.804. The highest BCUT2D eigenvalue weighted by molar-refractivity contribution is 5.55. The van der Waals surface area contributed by atoms with Gasteiger partial charge < -0.3 is 5.32 Å². The number of halogens is 2. The van der Waals surface area contributed by atoms with Gasteiger partial charge in [0.05, 0.1) is 6.04 Å². The second-order valence-electron chi connectivity index (χ2n) is 5.13. The predicted molar refractivity (Wildman–Crippen MR) is 72.0 cm³/mol. The molecular weight excluding hydrogens is 244 g/mol. The number of fused-ring (bicyclic) bond motifs is 1. The van der Waals surface area contributed by atoms with Crippen molar-refractivity contribution in [2.45, 2.75) is 19.4 Å². The molecule has 2 unspecified atom stereocenters. The first-order valence-corrected chi connectivity index (χ1v) is 6.44. The molecule has 0 spiro atoms. The Morgan fingerprint density at radius 2 is 1.89 bits per heavy atom. The highest BCUT2D eigenvalue weighted by Crippen LogP contribution is 2.37. The highest BCUT2D eigenvalue weighted by Gasteiger charge is 2.27. The normalized spacial score (nSPS) is 21.6. The molecule has 0 saturated heterocycles. The molecule has 1 heterocycles. The molecule has 1 aliphatic rings. The first kappa shape index (κ1) is 12.2. The van der Waals surface area contributed by atoms with E-state index in [1.165, 1.54) is 17.7 Å². The molecule has 19 heavy (non-hydrogen) atoms. The van der Waals surface area contributed by atoms with Crippen molar-refractivity contribution in [3.63, 3.8) is 0 Å². The van der Waals surface area contributed by atoms with Crippen molar-refractivity contribution in [1.82, 2.24) is 0 Å². The van der Waals surface area contributed by atoms with Crippen LogP contribution in [0.3, 0.4) is 0 Å². The number of hydrogen-bond donors (Lipinski definition) is 1. The van der Waals surface area contributed by atoms with Crippen LogP contribution in [0, 0.1) is 17.6 Å². The molecule has 98 valence electrons. The summed E-state index contributed by atoms with van der Waals surface area (Å²) >= 11 is 0. The van der Waals surface area contributed by atoms with Crippen LogP contribution in [-0.4, -0.2) is 0 Å². The topological polar surface area (TPSA) is 12.0 Å². The maximum atomic E-state index is 13.9. The average Bonchev–Trinajstić information content (AvgIpc) is 2.38. The van der Waals surface area contributed by atoms with Crippen LogP contribution in [0.1, 0.15) is 24.1 Å². The van der Waals surface area contributed by atoms with E-state index in [1.54, 1.807) is 0 Å². The molecule has 0 aromatic heterocycles. The fourth-order valence-electron chi connectivity index (χ4n) is 2.75. The Kier molecular flexibility index (Phi) is 2.97. The Labute approximate surface area is 111 Å². The second kappa shape index (κ2) is 4.65. The largest absolute Gasteiger partial charge is 0.378 e. The van der Waals surface area contributed by atoms with Crippen molar-refractivity contribution in [3.8, 4) is 0 Å². The summed E-state index contributed by atoms with van der Waals surface area (Å²) in [7, 11) is 0. The molecule has 1 nitrogen and oxygen atoms in total. The third-order valence-corrected chi connectivity index (χ3v) is 3.74. The zero-order chi connectivity index (χ0) is 13.4. The Morgan fingerprint density at radius 3 is 2.68 bits per heavy atom. The Bertz CT molecular complexity index is 609. The van der Waals surface area contributed by atoms with E-state index in [1.807, 2.05) is 18.2 Å². The minimum atomic E-state index is -0.537. The number of para-hydroxylation sites is 1. The smallest absolute Gasteiger partial charge is 0.131 e. The fraction of sp³-hybridized carbons (Fsp3) is 0.250. The van der Waals surface area contributed by atoms with E-state index in [4.69, 9.17) is 0 Å². The number of anilines is 1. The Morgan fingerprint density at radius 1 is 1.11 bits per heavy atom. The maximum absolute atomic E-state index is 13.9. The Hall–Kier alpha value is -1.90. The summed E-state index contributed by atoms with van der Waals surface area (Å²) in [5.41, 5.74) is 2.81. The van der Waals surface area contributed by atoms with Crippen molar-refractivity contribution in [2.75, 3.05) is 5.32 Å². The van der Waals surface area contributed by atoms with Gasteiger partial charge in [-0.1, -0.05) is 31.2 Å². The number of hydrogen-bond acceptors (Lipinski definition) is 1. The van der Waals surface area contributed by atoms with Gasteiger partial charge in [0.25, 0.3) is 0 Å². The third-order valence-electron chi connectivity index (χ3n) is 3.74. The summed E-state index contributed by atoms with van der Waals surface area (Å²) in [6.07, 6.45) is 0.894. The molecule has 2 atom stereocenters. The van der Waals surface area contributed by atoms with Crippen LogP contribution >= 0.6 is 0 Å². The van der Waals surface area contributed by atoms with Crippen molar-refractivity contribution < 1.29 is 8.78 Å². The average molecular weight is 259 g/mol. The van der Waals surface area contributed by atoms with Crippen molar-refractivity contribution >= 4 is 5.69 Å². The van der Waals surface area contributed by atoms with Crippen molar-refractivity contribution in [1.29, 1.82) is 0 Å². The predicted octanol–water partition coefficient (Wildman–Crippen LogP) is 4.31. The van der Waals surface area contributed by atoms with Gasteiger partial charge in [0, 0.05) is 17.3 Å². The SMILES string of the molecule is CC1Cc2ccccc2NC1c1ccc(F)cc1F. The molecular formula is C16H15F2N. The first-order valence-electron chi connectivity index (χ1n) is 6.44. The summed E-state index contributed by atoms with van der Waals surface area (Å²) < 4.78 is 26.9. The number of benzene rings is 2. The monoisotopic (exact) mass is 259 g/mol. The first-order chi connectivity index (χ1) is 9.15. The van der Waals surface area contributed by atoms with E-state index in [0.717, 1.165) is 18.2 Å². The van der Waals surface area contributed by atoms with Crippen molar-refractivity contribution in [3.05, 3.63) is 65.2 Å². The van der Waals surface area contributed by atoms with Gasteiger partial charge >= 0.3 is 0 Å². The molecule has 1 N–H and O–H groups in total. The lowest BCUT2D eigenvalue weighted by atomic mass is 9.85. The maximum Gasteiger partial charge on any atom is 0.131 e. The summed E-state index contributed by atoms with van der Waals surface area (Å²) in [6, 6.07) is 11.7. The second-order valence-corrected chi connectivity index (χ2v) is 5.13. The highest BCUT2D eigenvalue weighted by atomic mass is 19.1. The molecule has 0 fully saturated rings.